The maximum Gasteiger partial charge on any atom is 0.244 e. The minimum atomic E-state index is -0.818. The van der Waals surface area contributed by atoms with Gasteiger partial charge in [0, 0.05) is 36.8 Å². The summed E-state index contributed by atoms with van der Waals surface area (Å²) in [6, 6.07) is 6.13. The lowest BCUT2D eigenvalue weighted by Gasteiger charge is -2.27. The van der Waals surface area contributed by atoms with Crippen molar-refractivity contribution in [1.29, 1.82) is 0 Å². The van der Waals surface area contributed by atoms with Gasteiger partial charge in [0.05, 0.1) is 5.54 Å². The first-order valence-corrected chi connectivity index (χ1v) is 9.58. The smallest absolute Gasteiger partial charge is 0.244 e. The Hall–Kier alpha value is -1.04. The van der Waals surface area contributed by atoms with Gasteiger partial charge in [0.15, 0.2) is 0 Å². The van der Waals surface area contributed by atoms with Gasteiger partial charge in [0.1, 0.15) is 0 Å². The molecule has 1 aromatic rings. The van der Waals surface area contributed by atoms with Crippen LogP contribution in [0.15, 0.2) is 18.2 Å². The Morgan fingerprint density at radius 2 is 2.09 bits per heavy atom. The Kier molecular flexibility index (Phi) is 6.50. The number of rotatable bonds is 6. The molecule has 0 saturated carbocycles. The second kappa shape index (κ2) is 8.18. The van der Waals surface area contributed by atoms with E-state index in [-0.39, 0.29) is 5.91 Å². The van der Waals surface area contributed by atoms with Crippen LogP contribution in [-0.2, 0) is 11.3 Å². The topological polar surface area (TPSA) is 58.4 Å². The van der Waals surface area contributed by atoms with E-state index in [1.54, 1.807) is 6.92 Å². The summed E-state index contributed by atoms with van der Waals surface area (Å²) < 4.78 is 0. The largest absolute Gasteiger partial charge is 0.324 e. The number of carbonyl (C=O) groups is 1. The monoisotopic (exact) mass is 335 g/mol. The molecule has 0 aromatic heterocycles. The van der Waals surface area contributed by atoms with E-state index in [0.29, 0.717) is 6.42 Å². The van der Waals surface area contributed by atoms with E-state index in [4.69, 9.17) is 5.73 Å². The molecule has 0 spiro atoms. The maximum atomic E-state index is 12.4. The zero-order chi connectivity index (χ0) is 16.9. The van der Waals surface area contributed by atoms with Crippen LogP contribution in [0.2, 0.25) is 0 Å². The van der Waals surface area contributed by atoms with Crippen LogP contribution >= 0.6 is 11.8 Å². The highest BCUT2D eigenvalue weighted by molar-refractivity contribution is 7.99. The fourth-order valence-corrected chi connectivity index (χ4v) is 3.87. The summed E-state index contributed by atoms with van der Waals surface area (Å²) in [6.07, 6.45) is 1.58. The van der Waals surface area contributed by atoms with E-state index in [1.165, 1.54) is 17.1 Å². The molecule has 1 aliphatic rings. The zero-order valence-corrected chi connectivity index (χ0v) is 15.3. The first-order valence-electron chi connectivity index (χ1n) is 8.43. The summed E-state index contributed by atoms with van der Waals surface area (Å²) >= 11 is 2.02. The van der Waals surface area contributed by atoms with Crippen LogP contribution in [0.5, 0.6) is 0 Å². The fourth-order valence-electron chi connectivity index (χ4n) is 2.89. The molecule has 0 aliphatic carbocycles. The fraction of sp³-hybridized carbons (Fsp3) is 0.611. The van der Waals surface area contributed by atoms with Gasteiger partial charge in [-0.1, -0.05) is 25.5 Å². The third kappa shape index (κ3) is 4.96. The summed E-state index contributed by atoms with van der Waals surface area (Å²) in [5.74, 6) is 2.31. The number of amides is 1. The van der Waals surface area contributed by atoms with Gasteiger partial charge in [-0.05, 0) is 37.5 Å². The van der Waals surface area contributed by atoms with Gasteiger partial charge < -0.3 is 11.1 Å². The summed E-state index contributed by atoms with van der Waals surface area (Å²) in [5.41, 5.74) is 8.62. The Morgan fingerprint density at radius 3 is 2.74 bits per heavy atom. The third-order valence-corrected chi connectivity index (χ3v) is 5.42. The molecule has 1 aromatic carbocycles. The summed E-state index contributed by atoms with van der Waals surface area (Å²) in [5, 5.41) is 3.03. The van der Waals surface area contributed by atoms with Crippen molar-refractivity contribution >= 4 is 23.4 Å². The van der Waals surface area contributed by atoms with Crippen molar-refractivity contribution in [3.63, 3.8) is 0 Å². The number of benzene rings is 1. The van der Waals surface area contributed by atoms with Crippen molar-refractivity contribution in [1.82, 2.24) is 4.90 Å². The molecular weight excluding hydrogens is 306 g/mol. The van der Waals surface area contributed by atoms with Crippen molar-refractivity contribution in [2.24, 2.45) is 5.73 Å². The van der Waals surface area contributed by atoms with Crippen LogP contribution in [-0.4, -0.2) is 40.9 Å². The van der Waals surface area contributed by atoms with Crippen LogP contribution < -0.4 is 11.1 Å². The normalized spacial score (nSPS) is 18.4. The number of hydrogen-bond acceptors (Lipinski definition) is 4. The second-order valence-electron chi connectivity index (χ2n) is 6.60. The number of hydrogen-bond donors (Lipinski definition) is 2. The summed E-state index contributed by atoms with van der Waals surface area (Å²) in [6.45, 7) is 9.15. The number of nitrogens with one attached hydrogen (secondary N) is 1. The van der Waals surface area contributed by atoms with Gasteiger partial charge in [0.25, 0.3) is 0 Å². The summed E-state index contributed by atoms with van der Waals surface area (Å²) in [4.78, 5) is 14.9. The predicted molar refractivity (Wildman–Crippen MR) is 99.9 cm³/mol. The molecule has 1 atom stereocenters. The van der Waals surface area contributed by atoms with Crippen molar-refractivity contribution < 1.29 is 4.79 Å². The molecule has 1 aliphatic heterocycles. The molecule has 128 valence electrons. The minimum Gasteiger partial charge on any atom is -0.324 e. The lowest BCUT2D eigenvalue weighted by molar-refractivity contribution is -0.120. The number of anilines is 1. The zero-order valence-electron chi connectivity index (χ0n) is 14.5. The molecule has 1 amide bonds. The maximum absolute atomic E-state index is 12.4. The van der Waals surface area contributed by atoms with E-state index >= 15 is 0 Å². The Morgan fingerprint density at radius 1 is 1.39 bits per heavy atom. The number of carbonyl (C=O) groups excluding carboxylic acids is 1. The molecule has 23 heavy (non-hydrogen) atoms. The summed E-state index contributed by atoms with van der Waals surface area (Å²) in [7, 11) is 0. The van der Waals surface area contributed by atoms with Gasteiger partial charge in [-0.25, -0.2) is 0 Å². The molecule has 0 bridgehead atoms. The lowest BCUT2D eigenvalue weighted by Crippen LogP contribution is -2.48. The van der Waals surface area contributed by atoms with Crippen molar-refractivity contribution in [3.8, 4) is 0 Å². The standard InChI is InChI=1S/C18H29N3OS/c1-4-8-18(3,19)17(22)20-16-7-5-6-15(14(16)2)13-21-9-11-23-12-10-21/h5-7H,4,8-13,19H2,1-3H3,(H,20,22). The number of nitrogens with two attached hydrogens (primary N) is 1. The van der Waals surface area contributed by atoms with Gasteiger partial charge in [-0.15, -0.1) is 0 Å². The van der Waals surface area contributed by atoms with Crippen molar-refractivity contribution in [3.05, 3.63) is 29.3 Å². The highest BCUT2D eigenvalue weighted by Crippen LogP contribution is 2.23. The Bertz CT molecular complexity index is 539. The average Bonchev–Trinajstić information content (AvgIpc) is 2.52. The van der Waals surface area contributed by atoms with E-state index < -0.39 is 5.54 Å². The van der Waals surface area contributed by atoms with Gasteiger partial charge in [-0.2, -0.15) is 11.8 Å². The molecule has 1 saturated heterocycles. The molecule has 1 fully saturated rings. The van der Waals surface area contributed by atoms with Gasteiger partial charge in [-0.3, -0.25) is 9.69 Å². The van der Waals surface area contributed by atoms with Crippen LogP contribution in [0.4, 0.5) is 5.69 Å². The highest BCUT2D eigenvalue weighted by Gasteiger charge is 2.27. The van der Waals surface area contributed by atoms with Gasteiger partial charge in [0.2, 0.25) is 5.91 Å². The first-order chi connectivity index (χ1) is 10.9. The SMILES string of the molecule is CCCC(C)(N)C(=O)Nc1cccc(CN2CCSCC2)c1C. The quantitative estimate of drug-likeness (QED) is 0.839. The average molecular weight is 336 g/mol. The highest BCUT2D eigenvalue weighted by atomic mass is 32.2. The van der Waals surface area contributed by atoms with E-state index in [9.17, 15) is 4.79 Å². The van der Waals surface area contributed by atoms with E-state index in [2.05, 4.69) is 23.2 Å². The molecule has 1 heterocycles. The molecule has 3 N–H and O–H groups in total. The number of thioether (sulfide) groups is 1. The second-order valence-corrected chi connectivity index (χ2v) is 7.82. The van der Waals surface area contributed by atoms with Gasteiger partial charge >= 0.3 is 0 Å². The Balaban J connectivity index is 2.08. The Labute approximate surface area is 144 Å². The molecule has 1 unspecified atom stereocenters. The van der Waals surface area contributed by atoms with Crippen LogP contribution in [0.3, 0.4) is 0 Å². The van der Waals surface area contributed by atoms with Crippen molar-refractivity contribution in [2.45, 2.75) is 45.7 Å². The predicted octanol–water partition coefficient (Wildman–Crippen LogP) is 3.00. The first kappa shape index (κ1) is 18.3. The molecule has 0 radical (unpaired) electrons. The number of nitrogens with zero attached hydrogens (tertiary/aromatic N) is 1. The molecule has 5 heteroatoms. The molecular formula is C18H29N3OS. The lowest BCUT2D eigenvalue weighted by atomic mass is 9.96. The van der Waals surface area contributed by atoms with Crippen molar-refractivity contribution in [2.75, 3.05) is 29.9 Å². The molecule has 4 nitrogen and oxygen atoms in total. The van der Waals surface area contributed by atoms with E-state index in [1.807, 2.05) is 30.8 Å². The van der Waals surface area contributed by atoms with E-state index in [0.717, 1.165) is 37.3 Å². The third-order valence-electron chi connectivity index (χ3n) is 4.48. The van der Waals surface area contributed by atoms with Crippen LogP contribution in [0, 0.1) is 6.92 Å². The van der Waals surface area contributed by atoms with Crippen LogP contribution in [0.1, 0.15) is 37.8 Å². The van der Waals surface area contributed by atoms with Crippen LogP contribution in [0.25, 0.3) is 0 Å². The minimum absolute atomic E-state index is 0.103. The molecule has 2 rings (SSSR count).